The van der Waals surface area contributed by atoms with Crippen LogP contribution in [0.4, 0.5) is 4.79 Å². The minimum Gasteiger partial charge on any atom is -0.444 e. The summed E-state index contributed by atoms with van der Waals surface area (Å²) in [6.45, 7) is 11.5. The molecule has 0 spiro atoms. The Morgan fingerprint density at radius 1 is 1.22 bits per heavy atom. The molecule has 0 bridgehead atoms. The Morgan fingerprint density at radius 3 is 2.44 bits per heavy atom. The molecule has 27 heavy (non-hydrogen) atoms. The van der Waals surface area contributed by atoms with E-state index in [1.54, 1.807) is 4.90 Å². The van der Waals surface area contributed by atoms with E-state index in [0.29, 0.717) is 6.61 Å². The van der Waals surface area contributed by atoms with Crippen molar-refractivity contribution in [2.75, 3.05) is 6.61 Å². The van der Waals surface area contributed by atoms with E-state index in [9.17, 15) is 4.79 Å². The van der Waals surface area contributed by atoms with Crippen LogP contribution in [0.3, 0.4) is 0 Å². The SMILES string of the molecule is CC(C)(C)OC(=O)N1C(C)(C)OC[C@@]1(C)c1nnc(-c2ccc(Br)cc2)s1. The van der Waals surface area contributed by atoms with Crippen molar-refractivity contribution in [1.29, 1.82) is 0 Å². The Hall–Kier alpha value is -1.51. The molecular formula is C19H24BrN3O3S. The van der Waals surface area contributed by atoms with Crippen molar-refractivity contribution in [2.24, 2.45) is 0 Å². The summed E-state index contributed by atoms with van der Waals surface area (Å²) in [6, 6.07) is 7.90. The highest BCUT2D eigenvalue weighted by atomic mass is 79.9. The van der Waals surface area contributed by atoms with Crippen LogP contribution in [-0.2, 0) is 15.0 Å². The first-order valence-corrected chi connectivity index (χ1v) is 10.3. The summed E-state index contributed by atoms with van der Waals surface area (Å²) in [5.41, 5.74) is -1.18. The van der Waals surface area contributed by atoms with Gasteiger partial charge in [-0.2, -0.15) is 0 Å². The van der Waals surface area contributed by atoms with Gasteiger partial charge in [-0.3, -0.25) is 4.90 Å². The minimum atomic E-state index is -0.805. The summed E-state index contributed by atoms with van der Waals surface area (Å²) in [5.74, 6) is 0. The molecular weight excluding hydrogens is 430 g/mol. The van der Waals surface area contributed by atoms with E-state index in [1.807, 2.05) is 65.8 Å². The third kappa shape index (κ3) is 4.02. The minimum absolute atomic E-state index is 0.328. The van der Waals surface area contributed by atoms with Crippen molar-refractivity contribution in [3.8, 4) is 10.6 Å². The Morgan fingerprint density at radius 2 is 1.85 bits per heavy atom. The molecule has 8 heteroatoms. The van der Waals surface area contributed by atoms with E-state index in [0.717, 1.165) is 20.1 Å². The highest BCUT2D eigenvalue weighted by Gasteiger charge is 2.55. The maximum absolute atomic E-state index is 13.0. The molecule has 0 saturated carbocycles. The number of carbonyl (C=O) groups is 1. The molecule has 1 aromatic carbocycles. The van der Waals surface area contributed by atoms with Crippen LogP contribution < -0.4 is 0 Å². The lowest BCUT2D eigenvalue weighted by Gasteiger charge is -2.39. The summed E-state index contributed by atoms with van der Waals surface area (Å²) < 4.78 is 12.6. The second-order valence-corrected chi connectivity index (χ2v) is 10.1. The van der Waals surface area contributed by atoms with Gasteiger partial charge in [-0.1, -0.05) is 39.4 Å². The average molecular weight is 454 g/mol. The molecule has 0 radical (unpaired) electrons. The molecule has 0 N–H and O–H groups in total. The third-order valence-corrected chi connectivity index (χ3v) is 6.05. The Kier molecular flexibility index (Phi) is 5.12. The van der Waals surface area contributed by atoms with Crippen LogP contribution >= 0.6 is 27.3 Å². The van der Waals surface area contributed by atoms with Gasteiger partial charge in [-0.15, -0.1) is 10.2 Å². The van der Waals surface area contributed by atoms with E-state index >= 15 is 0 Å². The molecule has 6 nitrogen and oxygen atoms in total. The number of hydrogen-bond acceptors (Lipinski definition) is 6. The number of aromatic nitrogens is 2. The van der Waals surface area contributed by atoms with Crippen LogP contribution in [0.2, 0.25) is 0 Å². The maximum Gasteiger partial charge on any atom is 0.413 e. The normalized spacial score (nSPS) is 22.1. The summed E-state index contributed by atoms with van der Waals surface area (Å²) >= 11 is 4.90. The quantitative estimate of drug-likeness (QED) is 0.625. The highest BCUT2D eigenvalue weighted by Crippen LogP contribution is 2.44. The first-order chi connectivity index (χ1) is 12.4. The van der Waals surface area contributed by atoms with Gasteiger partial charge in [0, 0.05) is 10.0 Å². The standard InChI is InChI=1S/C19H24BrN3O3S/c1-17(2,3)26-16(24)23-18(4,5)25-11-19(23,6)15-22-21-14(27-15)12-7-9-13(20)10-8-12/h7-10H,11H2,1-6H3/t19-/m0/s1. The number of halogens is 1. The van der Waals surface area contributed by atoms with Crippen molar-refractivity contribution < 1.29 is 14.3 Å². The van der Waals surface area contributed by atoms with Crippen molar-refractivity contribution in [1.82, 2.24) is 15.1 Å². The number of amides is 1. The number of ether oxygens (including phenoxy) is 2. The molecule has 1 amide bonds. The molecule has 1 aromatic heterocycles. The van der Waals surface area contributed by atoms with Gasteiger partial charge in [-0.05, 0) is 53.7 Å². The fraction of sp³-hybridized carbons (Fsp3) is 0.526. The van der Waals surface area contributed by atoms with Crippen LogP contribution in [0.1, 0.15) is 46.6 Å². The molecule has 1 aliphatic rings. The summed E-state index contributed by atoms with van der Waals surface area (Å²) in [4.78, 5) is 14.6. The van der Waals surface area contributed by atoms with Crippen LogP contribution in [0, 0.1) is 0 Å². The van der Waals surface area contributed by atoms with Gasteiger partial charge in [0.1, 0.15) is 26.9 Å². The van der Waals surface area contributed by atoms with E-state index in [4.69, 9.17) is 9.47 Å². The van der Waals surface area contributed by atoms with Crippen LogP contribution in [0.25, 0.3) is 10.6 Å². The fourth-order valence-electron chi connectivity index (χ4n) is 3.08. The Balaban J connectivity index is 1.96. The van der Waals surface area contributed by atoms with E-state index in [1.165, 1.54) is 11.3 Å². The topological polar surface area (TPSA) is 64.5 Å². The zero-order valence-corrected chi connectivity index (χ0v) is 18.8. The van der Waals surface area contributed by atoms with Crippen molar-refractivity contribution in [3.63, 3.8) is 0 Å². The van der Waals surface area contributed by atoms with Crippen molar-refractivity contribution in [2.45, 2.75) is 58.4 Å². The zero-order chi connectivity index (χ0) is 20.0. The molecule has 0 aliphatic carbocycles. The molecule has 2 aromatic rings. The zero-order valence-electron chi connectivity index (χ0n) is 16.4. The van der Waals surface area contributed by atoms with E-state index in [-0.39, 0.29) is 0 Å². The van der Waals surface area contributed by atoms with Crippen LogP contribution in [-0.4, -0.2) is 39.1 Å². The molecule has 1 atom stereocenters. The van der Waals surface area contributed by atoms with Gasteiger partial charge in [0.05, 0.1) is 6.61 Å². The smallest absolute Gasteiger partial charge is 0.413 e. The summed E-state index contributed by atoms with van der Waals surface area (Å²) in [7, 11) is 0. The summed E-state index contributed by atoms with van der Waals surface area (Å²) in [6.07, 6.45) is -0.423. The van der Waals surface area contributed by atoms with Gasteiger partial charge < -0.3 is 9.47 Å². The number of rotatable bonds is 2. The van der Waals surface area contributed by atoms with E-state index < -0.39 is 23.0 Å². The Labute approximate surface area is 172 Å². The lowest BCUT2D eigenvalue weighted by molar-refractivity contribution is -0.0685. The summed E-state index contributed by atoms with van der Waals surface area (Å²) in [5, 5.41) is 10.2. The van der Waals surface area contributed by atoms with Crippen LogP contribution in [0.15, 0.2) is 28.7 Å². The molecule has 2 heterocycles. The second-order valence-electron chi connectivity index (χ2n) is 8.24. The van der Waals surface area contributed by atoms with Gasteiger partial charge in [0.15, 0.2) is 0 Å². The average Bonchev–Trinajstić information content (AvgIpc) is 3.10. The molecule has 1 fully saturated rings. The maximum atomic E-state index is 13.0. The van der Waals surface area contributed by atoms with Gasteiger partial charge >= 0.3 is 6.09 Å². The van der Waals surface area contributed by atoms with Crippen molar-refractivity contribution >= 4 is 33.4 Å². The molecule has 1 saturated heterocycles. The first-order valence-electron chi connectivity index (χ1n) is 8.70. The number of benzene rings is 1. The lowest BCUT2D eigenvalue weighted by atomic mass is 10.0. The van der Waals surface area contributed by atoms with E-state index in [2.05, 4.69) is 26.1 Å². The van der Waals surface area contributed by atoms with Crippen molar-refractivity contribution in [3.05, 3.63) is 33.7 Å². The number of carbonyl (C=O) groups excluding carboxylic acids is 1. The third-order valence-electron chi connectivity index (χ3n) is 4.29. The Bertz CT molecular complexity index is 845. The molecule has 0 unspecified atom stereocenters. The fourth-order valence-corrected chi connectivity index (χ4v) is 4.31. The highest BCUT2D eigenvalue weighted by molar-refractivity contribution is 9.10. The number of nitrogens with zero attached hydrogens (tertiary/aromatic N) is 3. The monoisotopic (exact) mass is 453 g/mol. The molecule has 3 rings (SSSR count). The predicted octanol–water partition coefficient (Wildman–Crippen LogP) is 5.19. The van der Waals surface area contributed by atoms with Gasteiger partial charge in [-0.25, -0.2) is 4.79 Å². The van der Waals surface area contributed by atoms with Gasteiger partial charge in [0.2, 0.25) is 0 Å². The molecule has 1 aliphatic heterocycles. The molecule has 146 valence electrons. The first kappa shape index (κ1) is 20.2. The number of hydrogen-bond donors (Lipinski definition) is 0. The van der Waals surface area contributed by atoms with Gasteiger partial charge in [0.25, 0.3) is 0 Å². The predicted molar refractivity (Wildman–Crippen MR) is 109 cm³/mol. The van der Waals surface area contributed by atoms with Crippen LogP contribution in [0.5, 0.6) is 0 Å². The second kappa shape index (κ2) is 6.83. The largest absolute Gasteiger partial charge is 0.444 e. The lowest BCUT2D eigenvalue weighted by Crippen LogP contribution is -2.54.